The number of hydrogen-bond acceptors (Lipinski definition) is 7. The number of halogens is 4. The summed E-state index contributed by atoms with van der Waals surface area (Å²) in [5.74, 6) is -1.31. The standard InChI is InChI=1S/C18H19ClF3N5O3/c1-30-14-5-8(4-12(23)16(28)29)11(19)6-13(14)26-17-24-7-10(18(20,21)22)15(27-17)25-9-2-3-9/h5-7,9,12H,2-4,23H2,1H3,(H,28,29)(H2,24,25,26,27). The lowest BCUT2D eigenvalue weighted by Crippen LogP contribution is -2.32. The largest absolute Gasteiger partial charge is 0.495 e. The molecule has 1 aliphatic rings. The van der Waals surface area contributed by atoms with Gasteiger partial charge < -0.3 is 26.2 Å². The van der Waals surface area contributed by atoms with Crippen molar-refractivity contribution < 1.29 is 27.8 Å². The fourth-order valence-corrected chi connectivity index (χ4v) is 2.88. The molecular weight excluding hydrogens is 427 g/mol. The highest BCUT2D eigenvalue weighted by Gasteiger charge is 2.37. The van der Waals surface area contributed by atoms with Gasteiger partial charge in [-0.05, 0) is 37.0 Å². The predicted molar refractivity (Wildman–Crippen MR) is 104 cm³/mol. The second-order valence-corrected chi connectivity index (χ2v) is 7.20. The summed E-state index contributed by atoms with van der Waals surface area (Å²) < 4.78 is 45.0. The second kappa shape index (κ2) is 8.52. The second-order valence-electron chi connectivity index (χ2n) is 6.79. The highest BCUT2D eigenvalue weighted by atomic mass is 35.5. The molecule has 1 atom stereocenters. The van der Waals surface area contributed by atoms with E-state index in [9.17, 15) is 18.0 Å². The number of carboxylic acids is 1. The molecule has 8 nitrogen and oxygen atoms in total. The minimum Gasteiger partial charge on any atom is -0.495 e. The van der Waals surface area contributed by atoms with Crippen molar-refractivity contribution in [3.8, 4) is 5.75 Å². The first-order chi connectivity index (χ1) is 14.1. The third-order valence-electron chi connectivity index (χ3n) is 4.38. The average molecular weight is 446 g/mol. The number of aromatic nitrogens is 2. The maximum atomic E-state index is 13.2. The molecule has 1 fully saturated rings. The van der Waals surface area contributed by atoms with Crippen LogP contribution in [0, 0.1) is 0 Å². The molecule has 1 aromatic heterocycles. The van der Waals surface area contributed by atoms with Crippen LogP contribution in [-0.2, 0) is 17.4 Å². The Hall–Kier alpha value is -2.79. The summed E-state index contributed by atoms with van der Waals surface area (Å²) in [6.07, 6.45) is -2.38. The topological polar surface area (TPSA) is 122 Å². The Labute approximate surface area is 174 Å². The predicted octanol–water partition coefficient (Wildman–Crippen LogP) is 3.43. The summed E-state index contributed by atoms with van der Waals surface area (Å²) in [6.45, 7) is 0. The van der Waals surface area contributed by atoms with Crippen molar-refractivity contribution in [2.24, 2.45) is 5.73 Å². The van der Waals surface area contributed by atoms with Crippen LogP contribution in [0.4, 0.5) is 30.6 Å². The number of nitrogens with two attached hydrogens (primary N) is 1. The summed E-state index contributed by atoms with van der Waals surface area (Å²) >= 11 is 6.22. The summed E-state index contributed by atoms with van der Waals surface area (Å²) in [4.78, 5) is 18.7. The molecule has 0 spiro atoms. The molecule has 0 bridgehead atoms. The molecule has 0 amide bonds. The molecule has 3 rings (SSSR count). The Morgan fingerprint density at radius 2 is 2.13 bits per heavy atom. The number of carboxylic acid groups (broad SMARTS) is 1. The molecule has 0 saturated heterocycles. The zero-order valence-electron chi connectivity index (χ0n) is 15.8. The van der Waals surface area contributed by atoms with E-state index in [0.29, 0.717) is 17.4 Å². The molecule has 2 aromatic rings. The summed E-state index contributed by atoms with van der Waals surface area (Å²) in [7, 11) is 1.38. The van der Waals surface area contributed by atoms with E-state index in [-0.39, 0.29) is 35.0 Å². The van der Waals surface area contributed by atoms with Gasteiger partial charge in [-0.15, -0.1) is 0 Å². The van der Waals surface area contributed by atoms with Gasteiger partial charge in [0, 0.05) is 17.3 Å². The fraction of sp³-hybridized carbons (Fsp3) is 0.389. The fourth-order valence-electron chi connectivity index (χ4n) is 2.64. The van der Waals surface area contributed by atoms with E-state index in [4.69, 9.17) is 27.2 Å². The highest BCUT2D eigenvalue weighted by molar-refractivity contribution is 6.31. The van der Waals surface area contributed by atoms with Crippen molar-refractivity contribution in [2.45, 2.75) is 37.5 Å². The van der Waals surface area contributed by atoms with Crippen LogP contribution < -0.4 is 21.1 Å². The van der Waals surface area contributed by atoms with E-state index >= 15 is 0 Å². The number of benzene rings is 1. The monoisotopic (exact) mass is 445 g/mol. The number of methoxy groups -OCH3 is 1. The van der Waals surface area contributed by atoms with E-state index in [1.54, 1.807) is 0 Å². The normalized spacial score (nSPS) is 14.9. The van der Waals surface area contributed by atoms with Gasteiger partial charge in [0.2, 0.25) is 5.95 Å². The zero-order valence-corrected chi connectivity index (χ0v) is 16.5. The molecule has 5 N–H and O–H groups in total. The molecule has 0 aliphatic heterocycles. The van der Waals surface area contributed by atoms with Crippen LogP contribution in [0.1, 0.15) is 24.0 Å². The highest BCUT2D eigenvalue weighted by Crippen LogP contribution is 2.37. The lowest BCUT2D eigenvalue weighted by atomic mass is 10.1. The number of nitrogens with zero attached hydrogens (tertiary/aromatic N) is 2. The molecule has 1 unspecified atom stereocenters. The third kappa shape index (κ3) is 5.22. The molecule has 0 radical (unpaired) electrons. The number of nitrogens with one attached hydrogen (secondary N) is 2. The number of rotatable bonds is 8. The SMILES string of the molecule is COc1cc(CC(N)C(=O)O)c(Cl)cc1Nc1ncc(C(F)(F)F)c(NC2CC2)n1. The van der Waals surface area contributed by atoms with Gasteiger partial charge in [0.15, 0.2) is 0 Å². The molecule has 30 heavy (non-hydrogen) atoms. The zero-order chi connectivity index (χ0) is 22.1. The van der Waals surface area contributed by atoms with Crippen molar-refractivity contribution in [3.63, 3.8) is 0 Å². The lowest BCUT2D eigenvalue weighted by Gasteiger charge is -2.17. The first kappa shape index (κ1) is 21.9. The number of ether oxygens (including phenoxy) is 1. The number of hydrogen-bond donors (Lipinski definition) is 4. The Morgan fingerprint density at radius 1 is 1.43 bits per heavy atom. The van der Waals surface area contributed by atoms with Crippen LogP contribution in [0.3, 0.4) is 0 Å². The van der Waals surface area contributed by atoms with Gasteiger partial charge in [-0.3, -0.25) is 4.79 Å². The third-order valence-corrected chi connectivity index (χ3v) is 4.74. The number of aliphatic carboxylic acids is 1. The van der Waals surface area contributed by atoms with E-state index in [0.717, 1.165) is 12.8 Å². The summed E-state index contributed by atoms with van der Waals surface area (Å²) in [5.41, 5.74) is 5.33. The van der Waals surface area contributed by atoms with Gasteiger partial charge in [-0.25, -0.2) is 4.98 Å². The molecule has 162 valence electrons. The minimum atomic E-state index is -4.60. The van der Waals surface area contributed by atoms with Crippen molar-refractivity contribution >= 4 is 35.0 Å². The van der Waals surface area contributed by atoms with Crippen molar-refractivity contribution in [1.29, 1.82) is 0 Å². The van der Waals surface area contributed by atoms with E-state index in [2.05, 4.69) is 20.6 Å². The van der Waals surface area contributed by atoms with Crippen LogP contribution in [-0.4, -0.2) is 40.2 Å². The summed E-state index contributed by atoms with van der Waals surface area (Å²) in [5, 5.41) is 14.7. The van der Waals surface area contributed by atoms with Crippen LogP contribution in [0.15, 0.2) is 18.3 Å². The molecular formula is C18H19ClF3N5O3. The minimum absolute atomic E-state index is 0.0307. The van der Waals surface area contributed by atoms with Crippen LogP contribution >= 0.6 is 11.6 Å². The van der Waals surface area contributed by atoms with Gasteiger partial charge >= 0.3 is 12.1 Å². The quantitative estimate of drug-likeness (QED) is 0.487. The molecule has 1 heterocycles. The number of anilines is 3. The first-order valence-electron chi connectivity index (χ1n) is 8.91. The molecule has 1 aliphatic carbocycles. The average Bonchev–Trinajstić information content (AvgIpc) is 3.46. The Morgan fingerprint density at radius 3 is 2.70 bits per heavy atom. The molecule has 1 saturated carbocycles. The van der Waals surface area contributed by atoms with Crippen molar-refractivity contribution in [3.05, 3.63) is 34.5 Å². The number of carbonyl (C=O) groups is 1. The first-order valence-corrected chi connectivity index (χ1v) is 9.29. The maximum absolute atomic E-state index is 13.2. The van der Waals surface area contributed by atoms with E-state index in [1.165, 1.54) is 19.2 Å². The van der Waals surface area contributed by atoms with Gasteiger partial charge in [0.05, 0.1) is 12.8 Å². The van der Waals surface area contributed by atoms with Crippen LogP contribution in [0.2, 0.25) is 5.02 Å². The smallest absolute Gasteiger partial charge is 0.421 e. The Bertz CT molecular complexity index is 953. The molecule has 1 aromatic carbocycles. The van der Waals surface area contributed by atoms with Crippen LogP contribution in [0.25, 0.3) is 0 Å². The van der Waals surface area contributed by atoms with Gasteiger partial charge in [0.25, 0.3) is 0 Å². The maximum Gasteiger partial charge on any atom is 0.421 e. The van der Waals surface area contributed by atoms with Crippen molar-refractivity contribution in [1.82, 2.24) is 9.97 Å². The Kier molecular flexibility index (Phi) is 6.22. The van der Waals surface area contributed by atoms with Gasteiger partial charge in [-0.2, -0.15) is 18.2 Å². The summed E-state index contributed by atoms with van der Waals surface area (Å²) in [6, 6.07) is 1.75. The van der Waals surface area contributed by atoms with E-state index in [1.807, 2.05) is 0 Å². The molecule has 12 heteroatoms. The number of alkyl halides is 3. The van der Waals surface area contributed by atoms with Crippen LogP contribution in [0.5, 0.6) is 5.75 Å². The lowest BCUT2D eigenvalue weighted by molar-refractivity contribution is -0.139. The van der Waals surface area contributed by atoms with E-state index < -0.39 is 23.8 Å². The van der Waals surface area contributed by atoms with Gasteiger partial charge in [0.1, 0.15) is 23.2 Å². The Balaban J connectivity index is 1.89. The van der Waals surface area contributed by atoms with Crippen molar-refractivity contribution in [2.75, 3.05) is 17.7 Å². The van der Waals surface area contributed by atoms with Gasteiger partial charge in [-0.1, -0.05) is 11.6 Å².